The number of hydrogen-bond acceptors (Lipinski definition) is 2. The fourth-order valence-corrected chi connectivity index (χ4v) is 0. The molecule has 0 bridgehead atoms. The van der Waals surface area contributed by atoms with E-state index >= 15 is 0 Å². The molecule has 0 aromatic heterocycles. The van der Waals surface area contributed by atoms with Crippen molar-refractivity contribution in [3.05, 3.63) is 0 Å². The van der Waals surface area contributed by atoms with Gasteiger partial charge in [0, 0.05) is 30.2 Å². The summed E-state index contributed by atoms with van der Waals surface area (Å²) in [6.45, 7) is 7.00. The van der Waals surface area contributed by atoms with E-state index in [0.717, 1.165) is 0 Å². The third-order valence-corrected chi connectivity index (χ3v) is 0. The molecule has 6 heavy (non-hydrogen) atoms. The quantitative estimate of drug-likeness (QED) is 0.432. The molecule has 0 heterocycles. The molecule has 0 aliphatic heterocycles. The summed E-state index contributed by atoms with van der Waals surface area (Å²) in [7, 11) is 0. The van der Waals surface area contributed by atoms with Gasteiger partial charge in [0.2, 0.25) is 0 Å². The first kappa shape index (κ1) is 31.5. The molecule has 0 aliphatic rings. The SMILES string of the molecule is C#N.C#N.[Cu].[NaH]. The van der Waals surface area contributed by atoms with Crippen LogP contribution in [0.5, 0.6) is 0 Å². The normalized spacial score (nSPS) is 0.667. The summed E-state index contributed by atoms with van der Waals surface area (Å²) in [4.78, 5) is 0. The van der Waals surface area contributed by atoms with Gasteiger partial charge in [0.25, 0.3) is 0 Å². The maximum atomic E-state index is 6.50. The molecule has 0 aromatic carbocycles. The monoisotopic (exact) mass is 141 g/mol. The fraction of sp³-hybridized carbons (Fsp3) is 0. The van der Waals surface area contributed by atoms with Crippen molar-refractivity contribution in [1.29, 1.82) is 10.5 Å². The molecule has 2 nitrogen and oxygen atoms in total. The minimum absolute atomic E-state index is 0. The van der Waals surface area contributed by atoms with Crippen molar-refractivity contribution in [3.63, 3.8) is 0 Å². The van der Waals surface area contributed by atoms with Crippen LogP contribution in [0.3, 0.4) is 0 Å². The van der Waals surface area contributed by atoms with Crippen molar-refractivity contribution in [2.45, 2.75) is 0 Å². The second kappa shape index (κ2) is 446. The molecule has 1 radical (unpaired) electrons. The second-order valence-corrected chi connectivity index (χ2v) is 0. The molecule has 0 atom stereocenters. The Labute approximate surface area is 69.9 Å². The van der Waals surface area contributed by atoms with Crippen molar-refractivity contribution >= 4 is 29.6 Å². The van der Waals surface area contributed by atoms with Gasteiger partial charge < -0.3 is 0 Å². The number of nitriles is 2. The number of hydrogen-bond donors (Lipinski definition) is 0. The van der Waals surface area contributed by atoms with Gasteiger partial charge in [-0.05, 0) is 0 Å². The van der Waals surface area contributed by atoms with Gasteiger partial charge in [-0.15, -0.1) is 0 Å². The molecule has 4 heteroatoms. The first-order valence-electron chi connectivity index (χ1n) is 0.516. The third-order valence-electron chi connectivity index (χ3n) is 0. The van der Waals surface area contributed by atoms with Crippen LogP contribution in [0.25, 0.3) is 0 Å². The molecule has 0 rings (SSSR count). The Balaban J connectivity index is -0.00000000500. The van der Waals surface area contributed by atoms with E-state index in [0.29, 0.717) is 0 Å². The van der Waals surface area contributed by atoms with Crippen LogP contribution in [-0.4, -0.2) is 29.6 Å². The van der Waals surface area contributed by atoms with Crippen molar-refractivity contribution < 1.29 is 17.1 Å². The fourth-order valence-electron chi connectivity index (χ4n) is 0. The van der Waals surface area contributed by atoms with Gasteiger partial charge >= 0.3 is 29.6 Å². The molecule has 0 saturated heterocycles. The van der Waals surface area contributed by atoms with Crippen LogP contribution in [0.2, 0.25) is 0 Å². The van der Waals surface area contributed by atoms with Gasteiger partial charge in [-0.3, -0.25) is 0 Å². The molecular weight excluding hydrogens is 139 g/mol. The zero-order valence-corrected chi connectivity index (χ0v) is 3.29. The molecule has 0 spiro atoms. The Hall–Kier alpha value is 0.499. The Kier molecular flexibility index (Phi) is 2340. The first-order chi connectivity index (χ1) is 2.00. The van der Waals surface area contributed by atoms with E-state index in [1.807, 2.05) is 0 Å². The van der Waals surface area contributed by atoms with Crippen LogP contribution < -0.4 is 0 Å². The standard InChI is InChI=1S/2CHN.Cu.Na.H/c2*1-2;;;/h2*1H;;;. The summed E-state index contributed by atoms with van der Waals surface area (Å²) in [5.74, 6) is 0. The molecular formula is C2H3CuN2Na. The van der Waals surface area contributed by atoms with E-state index in [1.165, 1.54) is 0 Å². The minimum atomic E-state index is 0. The number of rotatable bonds is 0. The van der Waals surface area contributed by atoms with Crippen molar-refractivity contribution in [2.24, 2.45) is 0 Å². The molecule has 33 valence electrons. The Morgan fingerprint density at radius 2 is 0.833 bits per heavy atom. The van der Waals surface area contributed by atoms with E-state index in [-0.39, 0.29) is 46.6 Å². The first-order valence-corrected chi connectivity index (χ1v) is 0.516. The molecule has 0 fully saturated rings. The van der Waals surface area contributed by atoms with Crippen LogP contribution in [-0.2, 0) is 17.1 Å². The van der Waals surface area contributed by atoms with Gasteiger partial charge in [-0.2, -0.15) is 0 Å². The molecule has 0 aromatic rings. The van der Waals surface area contributed by atoms with Crippen LogP contribution in [0.4, 0.5) is 0 Å². The number of nitrogens with zero attached hydrogens (tertiary/aromatic N) is 2. The summed E-state index contributed by atoms with van der Waals surface area (Å²) in [6.07, 6.45) is 0. The van der Waals surface area contributed by atoms with E-state index < -0.39 is 0 Å². The Bertz CT molecular complexity index is 27.0. The maximum absolute atomic E-state index is 6.50. The zero-order chi connectivity index (χ0) is 4.00. The van der Waals surface area contributed by atoms with Gasteiger partial charge in [-0.25, -0.2) is 10.5 Å². The molecule has 0 saturated carbocycles. The predicted molar refractivity (Wildman–Crippen MR) is 20.5 cm³/mol. The van der Waals surface area contributed by atoms with Gasteiger partial charge in [0.05, 0.1) is 0 Å². The molecule has 0 aliphatic carbocycles. The van der Waals surface area contributed by atoms with Gasteiger partial charge in [0.15, 0.2) is 0 Å². The average molecular weight is 142 g/mol. The molecule has 0 unspecified atom stereocenters. The summed E-state index contributed by atoms with van der Waals surface area (Å²) >= 11 is 0. The van der Waals surface area contributed by atoms with E-state index in [1.54, 1.807) is 0 Å². The van der Waals surface area contributed by atoms with E-state index in [9.17, 15) is 0 Å². The van der Waals surface area contributed by atoms with Crippen LogP contribution in [0, 0.1) is 23.7 Å². The van der Waals surface area contributed by atoms with Crippen molar-refractivity contribution in [3.8, 4) is 13.1 Å². The Morgan fingerprint density at radius 1 is 0.833 bits per heavy atom. The van der Waals surface area contributed by atoms with Crippen LogP contribution in [0.15, 0.2) is 0 Å². The van der Waals surface area contributed by atoms with E-state index in [4.69, 9.17) is 10.5 Å². The van der Waals surface area contributed by atoms with Gasteiger partial charge in [-0.1, -0.05) is 0 Å². The predicted octanol–water partition coefficient (Wildman–Crippen LogP) is -0.371. The Morgan fingerprint density at radius 3 is 0.833 bits per heavy atom. The van der Waals surface area contributed by atoms with Crippen LogP contribution >= 0.6 is 0 Å². The zero-order valence-electron chi connectivity index (χ0n) is 2.35. The molecule has 0 N–H and O–H groups in total. The van der Waals surface area contributed by atoms with Crippen molar-refractivity contribution in [2.75, 3.05) is 0 Å². The van der Waals surface area contributed by atoms with E-state index in [2.05, 4.69) is 13.1 Å². The van der Waals surface area contributed by atoms with Crippen molar-refractivity contribution in [1.82, 2.24) is 0 Å². The summed E-state index contributed by atoms with van der Waals surface area (Å²) < 4.78 is 0. The van der Waals surface area contributed by atoms with Gasteiger partial charge in [0.1, 0.15) is 0 Å². The molecule has 0 amide bonds. The summed E-state index contributed by atoms with van der Waals surface area (Å²) in [5.41, 5.74) is 0. The topological polar surface area (TPSA) is 47.6 Å². The average Bonchev–Trinajstić information content (AvgIpc) is 1.50. The van der Waals surface area contributed by atoms with Crippen LogP contribution in [0.1, 0.15) is 0 Å². The summed E-state index contributed by atoms with van der Waals surface area (Å²) in [6, 6.07) is 0. The summed E-state index contributed by atoms with van der Waals surface area (Å²) in [5, 5.41) is 13.0. The third kappa shape index (κ3) is 221. The second-order valence-electron chi connectivity index (χ2n) is 0.